The van der Waals surface area contributed by atoms with E-state index in [1.807, 2.05) is 0 Å². The molecule has 2 rings (SSSR count). The number of nitrogens with one attached hydrogen (secondary N) is 1. The normalized spacial score (nSPS) is 18.9. The summed E-state index contributed by atoms with van der Waals surface area (Å²) < 4.78 is 0. The first kappa shape index (κ1) is 15.0. The van der Waals surface area contributed by atoms with E-state index in [4.69, 9.17) is 0 Å². The Morgan fingerprint density at radius 3 is 2.58 bits per heavy atom. The van der Waals surface area contributed by atoms with Gasteiger partial charge in [0.25, 0.3) is 0 Å². The van der Waals surface area contributed by atoms with Gasteiger partial charge in [0.05, 0.1) is 10.7 Å². The van der Waals surface area contributed by atoms with Crippen molar-refractivity contribution in [1.82, 2.24) is 10.3 Å². The van der Waals surface area contributed by atoms with Gasteiger partial charge in [-0.2, -0.15) is 0 Å². The fourth-order valence-electron chi connectivity index (χ4n) is 3.04. The standard InChI is InChI=1S/C16H28N2S/c1-12-18-15(11-19-12)9-14(10-17-16(2,3)4)13-7-5-6-8-13/h11,13-14,17H,5-10H2,1-4H3. The van der Waals surface area contributed by atoms with Crippen LogP contribution in [0.1, 0.15) is 57.2 Å². The lowest BCUT2D eigenvalue weighted by molar-refractivity contribution is 0.285. The summed E-state index contributed by atoms with van der Waals surface area (Å²) in [6.45, 7) is 10.00. The fraction of sp³-hybridized carbons (Fsp3) is 0.812. The van der Waals surface area contributed by atoms with Crippen LogP contribution in [0.5, 0.6) is 0 Å². The number of aromatic nitrogens is 1. The van der Waals surface area contributed by atoms with Crippen LogP contribution in [-0.4, -0.2) is 17.1 Å². The van der Waals surface area contributed by atoms with Gasteiger partial charge in [-0.05, 0) is 52.5 Å². The summed E-state index contributed by atoms with van der Waals surface area (Å²) in [5, 5.41) is 7.14. The van der Waals surface area contributed by atoms with E-state index in [1.54, 1.807) is 11.3 Å². The van der Waals surface area contributed by atoms with Gasteiger partial charge in [0.2, 0.25) is 0 Å². The first-order valence-electron chi connectivity index (χ1n) is 7.60. The zero-order chi connectivity index (χ0) is 13.9. The highest BCUT2D eigenvalue weighted by Gasteiger charge is 2.26. The maximum Gasteiger partial charge on any atom is 0.0897 e. The molecule has 1 atom stereocenters. The second kappa shape index (κ2) is 6.36. The molecule has 1 N–H and O–H groups in total. The molecule has 1 unspecified atom stereocenters. The zero-order valence-electron chi connectivity index (χ0n) is 12.8. The number of aryl methyl sites for hydroxylation is 1. The van der Waals surface area contributed by atoms with E-state index >= 15 is 0 Å². The van der Waals surface area contributed by atoms with Gasteiger partial charge < -0.3 is 5.32 Å². The lowest BCUT2D eigenvalue weighted by atomic mass is 9.86. The number of thiazole rings is 1. The summed E-state index contributed by atoms with van der Waals surface area (Å²) in [4.78, 5) is 4.66. The van der Waals surface area contributed by atoms with Gasteiger partial charge in [0, 0.05) is 10.9 Å². The van der Waals surface area contributed by atoms with Crippen molar-refractivity contribution in [2.45, 2.75) is 65.3 Å². The molecule has 1 heterocycles. The summed E-state index contributed by atoms with van der Waals surface area (Å²) in [5.41, 5.74) is 1.52. The molecule has 1 aliphatic rings. The van der Waals surface area contributed by atoms with E-state index in [0.717, 1.165) is 24.8 Å². The Kier molecular flexibility index (Phi) is 5.02. The van der Waals surface area contributed by atoms with Crippen LogP contribution < -0.4 is 5.32 Å². The Labute approximate surface area is 122 Å². The fourth-order valence-corrected chi connectivity index (χ4v) is 3.67. The molecule has 1 aliphatic carbocycles. The molecular formula is C16H28N2S. The van der Waals surface area contributed by atoms with E-state index in [-0.39, 0.29) is 5.54 Å². The molecule has 108 valence electrons. The van der Waals surface area contributed by atoms with Crippen molar-refractivity contribution in [3.63, 3.8) is 0 Å². The van der Waals surface area contributed by atoms with Gasteiger partial charge in [-0.25, -0.2) is 4.98 Å². The van der Waals surface area contributed by atoms with Gasteiger partial charge in [0.1, 0.15) is 0 Å². The Morgan fingerprint density at radius 2 is 2.05 bits per heavy atom. The molecule has 1 saturated carbocycles. The quantitative estimate of drug-likeness (QED) is 0.875. The third-order valence-corrected chi connectivity index (χ3v) is 4.92. The molecule has 19 heavy (non-hydrogen) atoms. The molecule has 0 aliphatic heterocycles. The molecular weight excluding hydrogens is 252 g/mol. The highest BCUT2D eigenvalue weighted by Crippen LogP contribution is 2.33. The second-order valence-electron chi connectivity index (χ2n) is 7.00. The van der Waals surface area contributed by atoms with E-state index < -0.39 is 0 Å². The molecule has 0 saturated heterocycles. The second-order valence-corrected chi connectivity index (χ2v) is 8.06. The SMILES string of the molecule is Cc1nc(CC(CNC(C)(C)C)C2CCCC2)cs1. The Morgan fingerprint density at radius 1 is 1.37 bits per heavy atom. The zero-order valence-corrected chi connectivity index (χ0v) is 13.6. The summed E-state index contributed by atoms with van der Waals surface area (Å²) >= 11 is 1.78. The minimum absolute atomic E-state index is 0.217. The lowest BCUT2D eigenvalue weighted by Crippen LogP contribution is -2.41. The van der Waals surface area contributed by atoms with Crippen LogP contribution in [0.2, 0.25) is 0 Å². The van der Waals surface area contributed by atoms with E-state index in [1.165, 1.54) is 36.4 Å². The van der Waals surface area contributed by atoms with Crippen molar-refractivity contribution in [2.24, 2.45) is 11.8 Å². The first-order valence-corrected chi connectivity index (χ1v) is 8.48. The summed E-state index contributed by atoms with van der Waals surface area (Å²) in [6.07, 6.45) is 6.83. The van der Waals surface area contributed by atoms with E-state index in [2.05, 4.69) is 43.4 Å². The number of nitrogens with zero attached hydrogens (tertiary/aromatic N) is 1. The minimum atomic E-state index is 0.217. The molecule has 1 aromatic rings. The first-order chi connectivity index (χ1) is 8.94. The molecule has 3 heteroatoms. The lowest BCUT2D eigenvalue weighted by Gasteiger charge is -2.28. The van der Waals surface area contributed by atoms with Gasteiger partial charge in [-0.15, -0.1) is 11.3 Å². The number of hydrogen-bond donors (Lipinski definition) is 1. The topological polar surface area (TPSA) is 24.9 Å². The molecule has 0 amide bonds. The van der Waals surface area contributed by atoms with Crippen LogP contribution in [0.25, 0.3) is 0 Å². The maximum absolute atomic E-state index is 4.66. The van der Waals surface area contributed by atoms with Gasteiger partial charge in [0.15, 0.2) is 0 Å². The third-order valence-electron chi connectivity index (χ3n) is 4.10. The van der Waals surface area contributed by atoms with Crippen molar-refractivity contribution in [2.75, 3.05) is 6.54 Å². The van der Waals surface area contributed by atoms with Crippen molar-refractivity contribution in [3.05, 3.63) is 16.1 Å². The number of rotatable bonds is 5. The molecule has 0 aromatic carbocycles. The molecule has 0 radical (unpaired) electrons. The third kappa shape index (κ3) is 4.88. The minimum Gasteiger partial charge on any atom is -0.312 e. The van der Waals surface area contributed by atoms with Crippen molar-refractivity contribution >= 4 is 11.3 Å². The van der Waals surface area contributed by atoms with Crippen LogP contribution in [0.15, 0.2) is 5.38 Å². The molecule has 1 aromatic heterocycles. The van der Waals surface area contributed by atoms with Crippen LogP contribution in [0.4, 0.5) is 0 Å². The summed E-state index contributed by atoms with van der Waals surface area (Å²) in [7, 11) is 0. The molecule has 0 spiro atoms. The highest BCUT2D eigenvalue weighted by atomic mass is 32.1. The Hall–Kier alpha value is -0.410. The predicted molar refractivity (Wildman–Crippen MR) is 83.8 cm³/mol. The van der Waals surface area contributed by atoms with Crippen molar-refractivity contribution in [3.8, 4) is 0 Å². The molecule has 2 nitrogen and oxygen atoms in total. The van der Waals surface area contributed by atoms with Crippen LogP contribution >= 0.6 is 11.3 Å². The summed E-state index contributed by atoms with van der Waals surface area (Å²) in [5.74, 6) is 1.65. The maximum atomic E-state index is 4.66. The van der Waals surface area contributed by atoms with E-state index in [9.17, 15) is 0 Å². The van der Waals surface area contributed by atoms with Crippen molar-refractivity contribution < 1.29 is 0 Å². The van der Waals surface area contributed by atoms with Crippen LogP contribution in [0, 0.1) is 18.8 Å². The van der Waals surface area contributed by atoms with Crippen LogP contribution in [-0.2, 0) is 6.42 Å². The van der Waals surface area contributed by atoms with E-state index in [0.29, 0.717) is 0 Å². The predicted octanol–water partition coefficient (Wildman–Crippen LogP) is 4.19. The van der Waals surface area contributed by atoms with Crippen molar-refractivity contribution in [1.29, 1.82) is 0 Å². The molecule has 0 bridgehead atoms. The average molecular weight is 280 g/mol. The van der Waals surface area contributed by atoms with Crippen LogP contribution in [0.3, 0.4) is 0 Å². The average Bonchev–Trinajstić information content (AvgIpc) is 2.94. The number of hydrogen-bond acceptors (Lipinski definition) is 3. The Bertz CT molecular complexity index is 386. The van der Waals surface area contributed by atoms with Gasteiger partial charge in [-0.1, -0.05) is 25.7 Å². The largest absolute Gasteiger partial charge is 0.312 e. The molecule has 1 fully saturated rings. The summed E-state index contributed by atoms with van der Waals surface area (Å²) in [6, 6.07) is 0. The smallest absolute Gasteiger partial charge is 0.0897 e. The highest BCUT2D eigenvalue weighted by molar-refractivity contribution is 7.09. The van der Waals surface area contributed by atoms with Gasteiger partial charge >= 0.3 is 0 Å². The Balaban J connectivity index is 1.97. The monoisotopic (exact) mass is 280 g/mol. The van der Waals surface area contributed by atoms with Gasteiger partial charge in [-0.3, -0.25) is 0 Å².